The average molecular weight is 489 g/mol. The van der Waals surface area contributed by atoms with Crippen LogP contribution in [0.1, 0.15) is 29.7 Å². The Morgan fingerprint density at radius 3 is 2.22 bits per heavy atom. The summed E-state index contributed by atoms with van der Waals surface area (Å²) < 4.78 is 10.6. The van der Waals surface area contributed by atoms with Crippen LogP contribution in [0.5, 0.6) is 11.5 Å². The van der Waals surface area contributed by atoms with E-state index in [1.54, 1.807) is 55.6 Å². The van der Waals surface area contributed by atoms with Crippen LogP contribution in [0, 0.1) is 0 Å². The molecule has 3 aromatic rings. The summed E-state index contributed by atoms with van der Waals surface area (Å²) in [6.07, 6.45) is 1.40. The zero-order valence-corrected chi connectivity index (χ0v) is 20.1. The van der Waals surface area contributed by atoms with E-state index in [4.69, 9.17) is 9.47 Å². The van der Waals surface area contributed by atoms with Crippen molar-refractivity contribution in [3.05, 3.63) is 95.6 Å². The van der Waals surface area contributed by atoms with Crippen molar-refractivity contribution in [3.63, 3.8) is 0 Å². The molecule has 0 bridgehead atoms. The Balaban J connectivity index is 1.38. The minimum Gasteiger partial charge on any atom is -0.497 e. The van der Waals surface area contributed by atoms with Crippen molar-refractivity contribution < 1.29 is 23.9 Å². The summed E-state index contributed by atoms with van der Waals surface area (Å²) in [4.78, 5) is 36.0. The Hall–Kier alpha value is -4.66. The van der Waals surface area contributed by atoms with Crippen molar-refractivity contribution in [1.82, 2.24) is 16.1 Å². The highest BCUT2D eigenvalue weighted by molar-refractivity contribution is 6.35. The molecule has 3 rings (SSSR count). The topological polar surface area (TPSA) is 118 Å². The Morgan fingerprint density at radius 2 is 1.56 bits per heavy atom. The lowest BCUT2D eigenvalue weighted by molar-refractivity contribution is -0.139. The third-order valence-corrected chi connectivity index (χ3v) is 5.13. The predicted molar refractivity (Wildman–Crippen MR) is 136 cm³/mol. The van der Waals surface area contributed by atoms with Gasteiger partial charge in [0.1, 0.15) is 11.5 Å². The van der Waals surface area contributed by atoms with E-state index in [1.165, 1.54) is 6.21 Å². The van der Waals surface area contributed by atoms with Crippen LogP contribution >= 0.6 is 0 Å². The number of amides is 3. The summed E-state index contributed by atoms with van der Waals surface area (Å²) in [5.41, 5.74) is 4.69. The quantitative estimate of drug-likeness (QED) is 0.230. The van der Waals surface area contributed by atoms with E-state index < -0.39 is 11.8 Å². The molecule has 3 amide bonds. The van der Waals surface area contributed by atoms with Gasteiger partial charge in [0.25, 0.3) is 5.91 Å². The van der Waals surface area contributed by atoms with Gasteiger partial charge in [0, 0.05) is 6.54 Å². The number of hydrogen-bond acceptors (Lipinski definition) is 6. The second-order valence-corrected chi connectivity index (χ2v) is 7.79. The fraction of sp³-hybridized carbons (Fsp3) is 0.185. The monoisotopic (exact) mass is 488 g/mol. The van der Waals surface area contributed by atoms with Crippen LogP contribution in [0.2, 0.25) is 0 Å². The number of nitrogens with one attached hydrogen (secondary N) is 3. The molecule has 0 aromatic heterocycles. The molecular weight excluding hydrogens is 460 g/mol. The third-order valence-electron chi connectivity index (χ3n) is 5.13. The molecular formula is C27H28N4O5. The first-order chi connectivity index (χ1) is 17.4. The van der Waals surface area contributed by atoms with Crippen molar-refractivity contribution in [3.8, 4) is 11.5 Å². The highest BCUT2D eigenvalue weighted by Gasteiger charge is 2.12. The summed E-state index contributed by atoms with van der Waals surface area (Å²) in [6.45, 7) is 1.99. The van der Waals surface area contributed by atoms with Gasteiger partial charge in [0.2, 0.25) is 0 Å². The Bertz CT molecular complexity index is 1180. The fourth-order valence-electron chi connectivity index (χ4n) is 3.13. The maximum atomic E-state index is 12.1. The molecule has 3 aromatic carbocycles. The van der Waals surface area contributed by atoms with E-state index in [0.29, 0.717) is 17.1 Å². The van der Waals surface area contributed by atoms with Crippen LogP contribution < -0.4 is 25.5 Å². The molecule has 9 nitrogen and oxygen atoms in total. The molecule has 0 spiro atoms. The van der Waals surface area contributed by atoms with Gasteiger partial charge in [-0.25, -0.2) is 5.43 Å². The van der Waals surface area contributed by atoms with Gasteiger partial charge >= 0.3 is 11.8 Å². The largest absolute Gasteiger partial charge is 0.497 e. The smallest absolute Gasteiger partial charge is 0.329 e. The van der Waals surface area contributed by atoms with Gasteiger partial charge < -0.3 is 20.1 Å². The van der Waals surface area contributed by atoms with Crippen LogP contribution in [0.25, 0.3) is 0 Å². The van der Waals surface area contributed by atoms with Crippen molar-refractivity contribution >= 4 is 23.9 Å². The van der Waals surface area contributed by atoms with Gasteiger partial charge in [-0.3, -0.25) is 14.4 Å². The van der Waals surface area contributed by atoms with Gasteiger partial charge in [-0.1, -0.05) is 42.5 Å². The van der Waals surface area contributed by atoms with E-state index >= 15 is 0 Å². The summed E-state index contributed by atoms with van der Waals surface area (Å²) in [6, 6.07) is 23.4. The van der Waals surface area contributed by atoms with Gasteiger partial charge in [-0.05, 0) is 60.0 Å². The number of benzene rings is 3. The number of hydrazone groups is 1. The number of methoxy groups -OCH3 is 1. The second-order valence-electron chi connectivity index (χ2n) is 7.79. The first kappa shape index (κ1) is 26.0. The highest BCUT2D eigenvalue weighted by Crippen LogP contribution is 2.13. The first-order valence-electron chi connectivity index (χ1n) is 11.3. The fourth-order valence-corrected chi connectivity index (χ4v) is 3.13. The van der Waals surface area contributed by atoms with Crippen LogP contribution in [0.15, 0.2) is 84.0 Å². The molecule has 0 radical (unpaired) electrons. The Labute approximate surface area is 209 Å². The average Bonchev–Trinajstić information content (AvgIpc) is 2.92. The van der Waals surface area contributed by atoms with Crippen LogP contribution in [0.3, 0.4) is 0 Å². The van der Waals surface area contributed by atoms with Crippen LogP contribution in [0.4, 0.5) is 0 Å². The van der Waals surface area contributed by atoms with Crippen molar-refractivity contribution in [2.24, 2.45) is 5.10 Å². The number of hydrogen-bond donors (Lipinski definition) is 3. The molecule has 3 N–H and O–H groups in total. The maximum Gasteiger partial charge on any atom is 0.329 e. The molecule has 0 saturated heterocycles. The lowest BCUT2D eigenvalue weighted by Gasteiger charge is -2.14. The van der Waals surface area contributed by atoms with Gasteiger partial charge in [0.05, 0.1) is 19.4 Å². The number of carbonyl (C=O) groups excluding carboxylic acids is 3. The molecule has 0 unspecified atom stereocenters. The lowest BCUT2D eigenvalue weighted by atomic mass is 10.1. The molecule has 0 aliphatic carbocycles. The van der Waals surface area contributed by atoms with Gasteiger partial charge in [-0.2, -0.15) is 5.10 Å². The van der Waals surface area contributed by atoms with E-state index in [2.05, 4.69) is 21.2 Å². The third kappa shape index (κ3) is 8.28. The number of ether oxygens (including phenoxy) is 2. The Morgan fingerprint density at radius 1 is 0.889 bits per heavy atom. The number of carbonyl (C=O) groups is 3. The molecule has 186 valence electrons. The van der Waals surface area contributed by atoms with Crippen LogP contribution in [-0.2, 0) is 20.9 Å². The molecule has 9 heteroatoms. The minimum absolute atomic E-state index is 0.119. The zero-order valence-electron chi connectivity index (χ0n) is 20.1. The maximum absolute atomic E-state index is 12.1. The Kier molecular flexibility index (Phi) is 9.58. The van der Waals surface area contributed by atoms with Gasteiger partial charge in [-0.15, -0.1) is 0 Å². The molecule has 0 saturated carbocycles. The van der Waals surface area contributed by atoms with E-state index in [9.17, 15) is 14.4 Å². The minimum atomic E-state index is -0.879. The van der Waals surface area contributed by atoms with E-state index in [-0.39, 0.29) is 25.1 Å². The molecule has 36 heavy (non-hydrogen) atoms. The summed E-state index contributed by atoms with van der Waals surface area (Å²) >= 11 is 0. The number of nitrogens with zero attached hydrogens (tertiary/aromatic N) is 1. The molecule has 0 aliphatic rings. The molecule has 1 atom stereocenters. The normalized spacial score (nSPS) is 11.4. The first-order valence-corrected chi connectivity index (χ1v) is 11.3. The van der Waals surface area contributed by atoms with Crippen molar-refractivity contribution in [2.75, 3.05) is 13.7 Å². The zero-order chi connectivity index (χ0) is 25.8. The molecule has 0 aliphatic heterocycles. The highest BCUT2D eigenvalue weighted by atomic mass is 16.5. The summed E-state index contributed by atoms with van der Waals surface area (Å²) in [7, 11) is 1.57. The lowest BCUT2D eigenvalue weighted by Crippen LogP contribution is -2.37. The number of rotatable bonds is 10. The predicted octanol–water partition coefficient (Wildman–Crippen LogP) is 2.72. The van der Waals surface area contributed by atoms with E-state index in [1.807, 2.05) is 37.3 Å². The van der Waals surface area contributed by atoms with Crippen LogP contribution in [-0.4, -0.2) is 37.7 Å². The molecule has 0 fully saturated rings. The summed E-state index contributed by atoms with van der Waals surface area (Å²) in [5.74, 6) is -0.695. The van der Waals surface area contributed by atoms with Crippen molar-refractivity contribution in [1.29, 1.82) is 0 Å². The second kappa shape index (κ2) is 13.3. The van der Waals surface area contributed by atoms with Gasteiger partial charge in [0.15, 0.2) is 6.61 Å². The van der Waals surface area contributed by atoms with Crippen molar-refractivity contribution in [2.45, 2.75) is 19.5 Å². The molecule has 0 heterocycles. The SMILES string of the molecule is COc1ccc(CNC(=O)C(=O)N/N=C\c2ccc(OCC(=O)N[C@H](C)c3ccccc3)cc2)cc1. The summed E-state index contributed by atoms with van der Waals surface area (Å²) in [5, 5.41) is 9.21. The van der Waals surface area contributed by atoms with E-state index in [0.717, 1.165) is 11.1 Å². The standard InChI is InChI=1S/C27H28N4O5/c1-19(22-6-4-3-5-7-22)30-25(32)18-36-24-14-10-21(11-15-24)17-29-31-27(34)26(33)28-16-20-8-12-23(35-2)13-9-20/h3-15,17,19H,16,18H2,1-2H3,(H,28,33)(H,30,32)(H,31,34)/b29-17-/t19-/m1/s1.